The van der Waals surface area contributed by atoms with Crippen LogP contribution >= 0.6 is 0 Å². The van der Waals surface area contributed by atoms with Gasteiger partial charge in [-0.15, -0.1) is 0 Å². The Kier molecular flexibility index (Phi) is 11.8. The van der Waals surface area contributed by atoms with Crippen LogP contribution in [0.15, 0.2) is 72.8 Å². The number of carbonyl (C=O) groups is 1. The van der Waals surface area contributed by atoms with Gasteiger partial charge >= 0.3 is 0 Å². The summed E-state index contributed by atoms with van der Waals surface area (Å²) in [6.07, 6.45) is 5.18. The largest absolute Gasteiger partial charge is 0.392 e. The van der Waals surface area contributed by atoms with E-state index in [4.69, 9.17) is 9.47 Å². The van der Waals surface area contributed by atoms with E-state index < -0.39 is 46.8 Å². The van der Waals surface area contributed by atoms with Crippen molar-refractivity contribution in [2.75, 3.05) is 19.6 Å². The number of rotatable bonds is 9. The minimum atomic E-state index is -2.33. The Morgan fingerprint density at radius 2 is 1.35 bits per heavy atom. The summed E-state index contributed by atoms with van der Waals surface area (Å²) in [6, 6.07) is 22.6. The minimum absolute atomic E-state index is 0.0347. The molecule has 0 aromatic heterocycles. The molecule has 4 atom stereocenters. The van der Waals surface area contributed by atoms with E-state index in [1.54, 1.807) is 18.2 Å². The van der Waals surface area contributed by atoms with E-state index in [1.165, 1.54) is 32.1 Å². The molecule has 4 aromatic carbocycles. The molecular formula is C40H41F5N2O4. The Morgan fingerprint density at radius 3 is 2.00 bits per heavy atom. The lowest BCUT2D eigenvalue weighted by atomic mass is 9.89. The van der Waals surface area contributed by atoms with Gasteiger partial charge in [0.15, 0.2) is 29.6 Å². The summed E-state index contributed by atoms with van der Waals surface area (Å²) in [5, 5.41) is 11.8. The summed E-state index contributed by atoms with van der Waals surface area (Å²) in [7, 11) is 0. The van der Waals surface area contributed by atoms with Gasteiger partial charge in [0, 0.05) is 24.6 Å². The van der Waals surface area contributed by atoms with Crippen molar-refractivity contribution in [3.05, 3.63) is 130 Å². The van der Waals surface area contributed by atoms with Gasteiger partial charge in [0.05, 0.1) is 18.8 Å². The van der Waals surface area contributed by atoms with Gasteiger partial charge in [-0.2, -0.15) is 0 Å². The van der Waals surface area contributed by atoms with Crippen LogP contribution in [0.1, 0.15) is 84.0 Å². The molecule has 2 fully saturated rings. The highest BCUT2D eigenvalue weighted by molar-refractivity contribution is 5.94. The number of nitrogens with one attached hydrogen (secondary N) is 1. The van der Waals surface area contributed by atoms with Crippen molar-refractivity contribution in [2.24, 2.45) is 5.92 Å². The number of aliphatic hydroxyl groups is 1. The minimum Gasteiger partial charge on any atom is -0.392 e. The standard InChI is InChI=1S/C40H41F5N2O4/c1-24-31(22-47-18-5-3-2-4-6-19-47)50-40(51-38(24)28-12-10-25(23-48)11-13-28)29-16-14-27(15-17-29)30-9-7-8-26(20-30)21-46-39(49)32-33(41)35(43)37(45)36(44)34(32)42/h7-17,20,24,31,38,40,48H,2-6,18-19,21-23H2,1H3,(H,46,49)/t24-,31+,38+,40+/m0/s1. The average molecular weight is 709 g/mol. The lowest BCUT2D eigenvalue weighted by molar-refractivity contribution is -0.276. The van der Waals surface area contributed by atoms with Gasteiger partial charge < -0.3 is 24.8 Å². The summed E-state index contributed by atoms with van der Waals surface area (Å²) < 4.78 is 82.3. The van der Waals surface area contributed by atoms with E-state index in [2.05, 4.69) is 17.1 Å². The molecule has 0 spiro atoms. The van der Waals surface area contributed by atoms with E-state index >= 15 is 0 Å². The normalized spacial score (nSPS) is 21.5. The van der Waals surface area contributed by atoms with Crippen LogP contribution in [0.5, 0.6) is 0 Å². The molecule has 0 bridgehead atoms. The molecule has 0 radical (unpaired) electrons. The van der Waals surface area contributed by atoms with Crippen molar-refractivity contribution in [1.82, 2.24) is 10.2 Å². The number of benzene rings is 4. The number of amides is 1. The first-order chi connectivity index (χ1) is 24.6. The molecule has 2 saturated heterocycles. The molecule has 2 aliphatic heterocycles. The van der Waals surface area contributed by atoms with Crippen LogP contribution in [-0.2, 0) is 22.6 Å². The molecule has 2 aliphatic rings. The molecule has 6 rings (SSSR count). The topological polar surface area (TPSA) is 71.0 Å². The third kappa shape index (κ3) is 8.33. The number of ether oxygens (including phenoxy) is 2. The Bertz CT molecular complexity index is 1780. The third-order valence-corrected chi connectivity index (χ3v) is 9.84. The molecule has 0 unspecified atom stereocenters. The van der Waals surface area contributed by atoms with Crippen LogP contribution in [0.3, 0.4) is 0 Å². The number of aliphatic hydroxyl groups excluding tert-OH is 1. The fourth-order valence-electron chi connectivity index (χ4n) is 6.85. The van der Waals surface area contributed by atoms with E-state index in [9.17, 15) is 31.9 Å². The maximum Gasteiger partial charge on any atom is 0.257 e. The third-order valence-electron chi connectivity index (χ3n) is 9.84. The summed E-state index contributed by atoms with van der Waals surface area (Å²) in [6.45, 7) is 4.80. The predicted octanol–water partition coefficient (Wildman–Crippen LogP) is 8.53. The van der Waals surface area contributed by atoms with E-state index in [-0.39, 0.29) is 31.3 Å². The fraction of sp³-hybridized carbons (Fsp3) is 0.375. The lowest BCUT2D eigenvalue weighted by Crippen LogP contribution is -2.45. The highest BCUT2D eigenvalue weighted by Crippen LogP contribution is 2.42. The van der Waals surface area contributed by atoms with Crippen LogP contribution in [0, 0.1) is 35.0 Å². The summed E-state index contributed by atoms with van der Waals surface area (Å²) in [5.41, 5.74) is 3.32. The second-order valence-corrected chi connectivity index (χ2v) is 13.3. The second-order valence-electron chi connectivity index (χ2n) is 13.3. The van der Waals surface area contributed by atoms with Crippen molar-refractivity contribution >= 4 is 5.91 Å². The van der Waals surface area contributed by atoms with Crippen molar-refractivity contribution < 1.29 is 41.3 Å². The SMILES string of the molecule is C[C@H]1[C@@H](CN2CCCCCCC2)O[C@@H](c2ccc(-c3cccc(CNC(=O)c4c(F)c(F)c(F)c(F)c4F)c3)cc2)O[C@H]1c1ccc(CO)cc1. The summed E-state index contributed by atoms with van der Waals surface area (Å²) in [4.78, 5) is 15.0. The molecule has 0 aliphatic carbocycles. The molecule has 4 aromatic rings. The Hall–Kier alpha value is -4.16. The van der Waals surface area contributed by atoms with Crippen LogP contribution in [0.2, 0.25) is 0 Å². The van der Waals surface area contributed by atoms with Crippen LogP contribution in [-0.4, -0.2) is 41.7 Å². The van der Waals surface area contributed by atoms with Gasteiger partial charge in [-0.25, -0.2) is 22.0 Å². The first-order valence-electron chi connectivity index (χ1n) is 17.4. The van der Waals surface area contributed by atoms with E-state index in [1.807, 2.05) is 54.6 Å². The highest BCUT2D eigenvalue weighted by Gasteiger charge is 2.39. The fourth-order valence-corrected chi connectivity index (χ4v) is 6.85. The van der Waals surface area contributed by atoms with Gasteiger partial charge in [0.25, 0.3) is 5.91 Å². The van der Waals surface area contributed by atoms with Crippen LogP contribution in [0.4, 0.5) is 22.0 Å². The number of hydrogen-bond acceptors (Lipinski definition) is 5. The second kappa shape index (κ2) is 16.5. The highest BCUT2D eigenvalue weighted by atomic mass is 19.2. The summed E-state index contributed by atoms with van der Waals surface area (Å²) >= 11 is 0. The molecule has 11 heteroatoms. The number of hydrogen-bond donors (Lipinski definition) is 2. The van der Waals surface area contributed by atoms with Crippen LogP contribution in [0.25, 0.3) is 11.1 Å². The number of nitrogens with zero attached hydrogens (tertiary/aromatic N) is 1. The van der Waals surface area contributed by atoms with Gasteiger partial charge in [-0.05, 0) is 59.8 Å². The van der Waals surface area contributed by atoms with E-state index in [0.717, 1.165) is 47.5 Å². The van der Waals surface area contributed by atoms with Crippen molar-refractivity contribution in [1.29, 1.82) is 0 Å². The monoisotopic (exact) mass is 708 g/mol. The Morgan fingerprint density at radius 1 is 0.745 bits per heavy atom. The van der Waals surface area contributed by atoms with Gasteiger partial charge in [0.1, 0.15) is 5.56 Å². The smallest absolute Gasteiger partial charge is 0.257 e. The zero-order chi connectivity index (χ0) is 36.1. The van der Waals surface area contributed by atoms with Gasteiger partial charge in [0.2, 0.25) is 5.82 Å². The Labute approximate surface area is 294 Å². The van der Waals surface area contributed by atoms with Crippen molar-refractivity contribution in [3.8, 4) is 11.1 Å². The maximum atomic E-state index is 14.1. The van der Waals surface area contributed by atoms with Gasteiger partial charge in [-0.3, -0.25) is 4.79 Å². The summed E-state index contributed by atoms with van der Waals surface area (Å²) in [5.74, 6) is -12.4. The average Bonchev–Trinajstić information content (AvgIpc) is 3.14. The number of halogens is 5. The van der Waals surface area contributed by atoms with Crippen LogP contribution < -0.4 is 5.32 Å². The molecule has 2 N–H and O–H groups in total. The Balaban J connectivity index is 1.18. The predicted molar refractivity (Wildman–Crippen MR) is 182 cm³/mol. The number of carbonyl (C=O) groups excluding carboxylic acids is 1. The molecule has 6 nitrogen and oxygen atoms in total. The first-order valence-corrected chi connectivity index (χ1v) is 17.4. The molecule has 51 heavy (non-hydrogen) atoms. The van der Waals surface area contributed by atoms with Crippen molar-refractivity contribution in [2.45, 2.75) is 70.7 Å². The van der Waals surface area contributed by atoms with Crippen molar-refractivity contribution in [3.63, 3.8) is 0 Å². The zero-order valence-electron chi connectivity index (χ0n) is 28.3. The zero-order valence-corrected chi connectivity index (χ0v) is 28.3. The van der Waals surface area contributed by atoms with E-state index in [0.29, 0.717) is 5.56 Å². The maximum absolute atomic E-state index is 14.1. The molecule has 270 valence electrons. The molecular weight excluding hydrogens is 667 g/mol. The molecule has 2 heterocycles. The molecule has 0 saturated carbocycles. The molecule has 1 amide bonds. The first kappa shape index (κ1) is 36.6. The number of likely N-dealkylation sites (tertiary alicyclic amines) is 1. The van der Waals surface area contributed by atoms with Gasteiger partial charge in [-0.1, -0.05) is 92.9 Å². The lowest BCUT2D eigenvalue weighted by Gasteiger charge is -2.43. The quantitative estimate of drug-likeness (QED) is 0.104.